The summed E-state index contributed by atoms with van der Waals surface area (Å²) in [6, 6.07) is 10.8. The van der Waals surface area contributed by atoms with E-state index >= 15 is 0 Å². The molecule has 0 bridgehead atoms. The van der Waals surface area contributed by atoms with E-state index < -0.39 is 0 Å². The lowest BCUT2D eigenvalue weighted by molar-refractivity contribution is 0.0998. The van der Waals surface area contributed by atoms with Gasteiger partial charge in [0.25, 0.3) is 5.91 Å². The Hall–Kier alpha value is -2.80. The number of methoxy groups -OCH3 is 2. The second-order valence-electron chi connectivity index (χ2n) is 6.23. The van der Waals surface area contributed by atoms with Gasteiger partial charge in [0.05, 0.1) is 30.5 Å². The Bertz CT molecular complexity index is 1030. The molecule has 1 heterocycles. The standard InChI is InChI=1S/C20H22N2O4S/c1-12(2)26-14-8-6-13(7-9-14)19(23)21-20-22(3)15-10-16(24-4)17(25-5)11-18(15)27-20/h6-12H,1-5H3. The van der Waals surface area contributed by atoms with Crippen LogP contribution >= 0.6 is 11.3 Å². The fourth-order valence-corrected chi connectivity index (χ4v) is 3.69. The molecule has 0 aliphatic carbocycles. The van der Waals surface area contributed by atoms with Gasteiger partial charge < -0.3 is 18.8 Å². The molecule has 27 heavy (non-hydrogen) atoms. The van der Waals surface area contributed by atoms with Gasteiger partial charge in [-0.25, -0.2) is 0 Å². The van der Waals surface area contributed by atoms with E-state index in [1.54, 1.807) is 38.5 Å². The summed E-state index contributed by atoms with van der Waals surface area (Å²) in [7, 11) is 5.06. The van der Waals surface area contributed by atoms with Crippen LogP contribution in [0.2, 0.25) is 0 Å². The van der Waals surface area contributed by atoms with Crippen LogP contribution in [0.5, 0.6) is 17.2 Å². The molecule has 0 spiro atoms. The minimum atomic E-state index is -0.299. The van der Waals surface area contributed by atoms with Crippen LogP contribution in [-0.4, -0.2) is 30.8 Å². The van der Waals surface area contributed by atoms with E-state index in [1.807, 2.05) is 37.6 Å². The minimum absolute atomic E-state index is 0.0859. The number of fused-ring (bicyclic) bond motifs is 1. The maximum Gasteiger partial charge on any atom is 0.279 e. The fourth-order valence-electron chi connectivity index (χ4n) is 2.66. The topological polar surface area (TPSA) is 62.0 Å². The summed E-state index contributed by atoms with van der Waals surface area (Å²) >= 11 is 1.42. The first-order valence-corrected chi connectivity index (χ1v) is 9.32. The van der Waals surface area contributed by atoms with Crippen LogP contribution < -0.4 is 19.0 Å². The van der Waals surface area contributed by atoms with Crippen LogP contribution in [0.1, 0.15) is 24.2 Å². The van der Waals surface area contributed by atoms with Gasteiger partial charge in [-0.15, -0.1) is 0 Å². The minimum Gasteiger partial charge on any atom is -0.493 e. The highest BCUT2D eigenvalue weighted by atomic mass is 32.1. The molecular weight excluding hydrogens is 364 g/mol. The number of ether oxygens (including phenoxy) is 3. The van der Waals surface area contributed by atoms with Crippen LogP contribution in [0.15, 0.2) is 41.4 Å². The molecule has 3 aromatic rings. The summed E-state index contributed by atoms with van der Waals surface area (Å²) in [6.45, 7) is 3.92. The molecule has 0 fully saturated rings. The number of carbonyl (C=O) groups excluding carboxylic acids is 1. The average molecular weight is 386 g/mol. The molecule has 0 aliphatic heterocycles. The second kappa shape index (κ2) is 7.84. The van der Waals surface area contributed by atoms with E-state index in [2.05, 4.69) is 4.99 Å². The monoisotopic (exact) mass is 386 g/mol. The van der Waals surface area contributed by atoms with Crippen molar-refractivity contribution in [3.63, 3.8) is 0 Å². The zero-order chi connectivity index (χ0) is 19.6. The Morgan fingerprint density at radius 3 is 2.30 bits per heavy atom. The summed E-state index contributed by atoms with van der Waals surface area (Å²) in [6.07, 6.45) is 0.0859. The summed E-state index contributed by atoms with van der Waals surface area (Å²) in [5.41, 5.74) is 1.43. The van der Waals surface area contributed by atoms with Gasteiger partial charge in [0, 0.05) is 24.7 Å². The number of aryl methyl sites for hydroxylation is 1. The van der Waals surface area contributed by atoms with E-state index in [0.717, 1.165) is 16.0 Å². The lowest BCUT2D eigenvalue weighted by Crippen LogP contribution is -2.13. The van der Waals surface area contributed by atoms with E-state index in [9.17, 15) is 4.79 Å². The number of amides is 1. The van der Waals surface area contributed by atoms with E-state index in [-0.39, 0.29) is 12.0 Å². The lowest BCUT2D eigenvalue weighted by atomic mass is 10.2. The molecule has 142 valence electrons. The van der Waals surface area contributed by atoms with Gasteiger partial charge in [-0.2, -0.15) is 4.99 Å². The SMILES string of the molecule is COc1cc2sc(=NC(=O)c3ccc(OC(C)C)cc3)n(C)c2cc1OC. The predicted molar refractivity (Wildman–Crippen MR) is 106 cm³/mol. The van der Waals surface area contributed by atoms with Crippen molar-refractivity contribution >= 4 is 27.5 Å². The van der Waals surface area contributed by atoms with Gasteiger partial charge in [0.2, 0.25) is 0 Å². The normalized spacial score (nSPS) is 11.9. The Morgan fingerprint density at radius 2 is 1.70 bits per heavy atom. The van der Waals surface area contributed by atoms with E-state index in [0.29, 0.717) is 21.9 Å². The molecule has 1 amide bonds. The van der Waals surface area contributed by atoms with Gasteiger partial charge in [0.15, 0.2) is 16.3 Å². The summed E-state index contributed by atoms with van der Waals surface area (Å²) in [5, 5.41) is 0. The molecule has 0 radical (unpaired) electrons. The third-order valence-electron chi connectivity index (χ3n) is 3.98. The second-order valence-corrected chi connectivity index (χ2v) is 7.24. The fraction of sp³-hybridized carbons (Fsp3) is 0.300. The predicted octanol–water partition coefficient (Wildman–Crippen LogP) is 3.79. The van der Waals surface area contributed by atoms with Gasteiger partial charge >= 0.3 is 0 Å². The largest absolute Gasteiger partial charge is 0.493 e. The molecule has 0 N–H and O–H groups in total. The van der Waals surface area contributed by atoms with Gasteiger partial charge in [-0.3, -0.25) is 4.79 Å². The molecule has 3 rings (SSSR count). The Balaban J connectivity index is 1.97. The molecular formula is C20H22N2O4S. The van der Waals surface area contributed by atoms with Crippen molar-refractivity contribution in [3.8, 4) is 17.2 Å². The first-order chi connectivity index (χ1) is 12.9. The first-order valence-electron chi connectivity index (χ1n) is 8.50. The van der Waals surface area contributed by atoms with Crippen LogP contribution in [0.3, 0.4) is 0 Å². The summed E-state index contributed by atoms with van der Waals surface area (Å²) in [5.74, 6) is 1.71. The lowest BCUT2D eigenvalue weighted by Gasteiger charge is -2.09. The molecule has 0 saturated heterocycles. The first kappa shape index (κ1) is 19.0. The number of nitrogens with zero attached hydrogens (tertiary/aromatic N) is 2. The molecule has 0 saturated carbocycles. The number of hydrogen-bond donors (Lipinski definition) is 0. The van der Waals surface area contributed by atoms with Gasteiger partial charge in [0.1, 0.15) is 5.75 Å². The molecule has 6 nitrogen and oxygen atoms in total. The maximum atomic E-state index is 12.6. The van der Waals surface area contributed by atoms with Crippen molar-refractivity contribution in [3.05, 3.63) is 46.8 Å². The number of thiazole rings is 1. The molecule has 0 atom stereocenters. The summed E-state index contributed by atoms with van der Waals surface area (Å²) < 4.78 is 19.1. The highest BCUT2D eigenvalue weighted by Gasteiger charge is 2.12. The number of carbonyl (C=O) groups is 1. The number of aromatic nitrogens is 1. The third kappa shape index (κ3) is 3.98. The molecule has 0 unspecified atom stereocenters. The van der Waals surface area contributed by atoms with Crippen molar-refractivity contribution < 1.29 is 19.0 Å². The average Bonchev–Trinajstić information content (AvgIpc) is 2.95. The van der Waals surface area contributed by atoms with Crippen molar-refractivity contribution in [1.82, 2.24) is 4.57 Å². The van der Waals surface area contributed by atoms with E-state index in [4.69, 9.17) is 14.2 Å². The molecule has 1 aromatic heterocycles. The molecule has 7 heteroatoms. The van der Waals surface area contributed by atoms with Crippen molar-refractivity contribution in [2.24, 2.45) is 12.0 Å². The smallest absolute Gasteiger partial charge is 0.279 e. The zero-order valence-corrected chi connectivity index (χ0v) is 16.8. The molecule has 2 aromatic carbocycles. The number of benzene rings is 2. The number of hydrogen-bond acceptors (Lipinski definition) is 5. The van der Waals surface area contributed by atoms with Crippen LogP contribution in [0.4, 0.5) is 0 Å². The zero-order valence-electron chi connectivity index (χ0n) is 16.0. The Kier molecular flexibility index (Phi) is 5.51. The molecule has 0 aliphatic rings. The number of rotatable bonds is 5. The maximum absolute atomic E-state index is 12.6. The van der Waals surface area contributed by atoms with Crippen LogP contribution in [-0.2, 0) is 7.05 Å². The summed E-state index contributed by atoms with van der Waals surface area (Å²) in [4.78, 5) is 17.5. The Morgan fingerprint density at radius 1 is 1.07 bits per heavy atom. The van der Waals surface area contributed by atoms with Crippen molar-refractivity contribution in [1.29, 1.82) is 0 Å². The third-order valence-corrected chi connectivity index (χ3v) is 5.08. The van der Waals surface area contributed by atoms with Crippen molar-refractivity contribution in [2.45, 2.75) is 20.0 Å². The highest BCUT2D eigenvalue weighted by Crippen LogP contribution is 2.33. The van der Waals surface area contributed by atoms with Crippen LogP contribution in [0.25, 0.3) is 10.2 Å². The van der Waals surface area contributed by atoms with E-state index in [1.165, 1.54) is 11.3 Å². The quantitative estimate of drug-likeness (QED) is 0.669. The Labute approximate surface area is 161 Å². The van der Waals surface area contributed by atoms with Gasteiger partial charge in [-0.1, -0.05) is 11.3 Å². The van der Waals surface area contributed by atoms with Gasteiger partial charge in [-0.05, 0) is 38.1 Å². The highest BCUT2D eigenvalue weighted by molar-refractivity contribution is 7.16. The van der Waals surface area contributed by atoms with Crippen molar-refractivity contribution in [2.75, 3.05) is 14.2 Å². The van der Waals surface area contributed by atoms with Crippen LogP contribution in [0, 0.1) is 0 Å².